The van der Waals surface area contributed by atoms with Crippen LogP contribution in [-0.2, 0) is 24.0 Å². The lowest BCUT2D eigenvalue weighted by Crippen LogP contribution is -2.32. The molecule has 0 atom stereocenters. The van der Waals surface area contributed by atoms with E-state index in [4.69, 9.17) is 20.6 Å². The molecule has 0 fully saturated rings. The summed E-state index contributed by atoms with van der Waals surface area (Å²) in [6.07, 6.45) is 8.02. The van der Waals surface area contributed by atoms with E-state index < -0.39 is 86.2 Å². The van der Waals surface area contributed by atoms with Crippen molar-refractivity contribution >= 4 is 67.6 Å². The number of azo groups is 2. The van der Waals surface area contributed by atoms with Gasteiger partial charge < -0.3 is 28.7 Å². The van der Waals surface area contributed by atoms with Crippen LogP contribution in [0.15, 0.2) is 171 Å². The van der Waals surface area contributed by atoms with E-state index in [2.05, 4.69) is 47.9 Å². The Morgan fingerprint density at radius 3 is 1.61 bits per heavy atom. The van der Waals surface area contributed by atoms with Crippen molar-refractivity contribution in [1.29, 1.82) is 0 Å². The number of nitro benzene ring substituents is 1. The van der Waals surface area contributed by atoms with Crippen molar-refractivity contribution < 1.29 is 68.6 Å². The van der Waals surface area contributed by atoms with Gasteiger partial charge in [0, 0.05) is 48.9 Å². The molecule has 7 aromatic carbocycles. The summed E-state index contributed by atoms with van der Waals surface area (Å²) in [5, 5.41) is 28.4. The van der Waals surface area contributed by atoms with Gasteiger partial charge in [-0.15, -0.1) is 17.5 Å². The minimum Gasteiger partial charge on any atom is -0.487 e. The number of unbranched alkanes of at least 4 members (excludes halogenated alkanes) is 2. The Morgan fingerprint density at radius 1 is 0.575 bits per heavy atom. The Bertz CT molecular complexity index is 3810. The lowest BCUT2D eigenvalue weighted by Gasteiger charge is -2.24. The van der Waals surface area contributed by atoms with Crippen LogP contribution < -0.4 is 14.5 Å². The van der Waals surface area contributed by atoms with Gasteiger partial charge in [-0.05, 0) is 128 Å². The maximum absolute atomic E-state index is 14.1. The number of halogens is 5. The van der Waals surface area contributed by atoms with Gasteiger partial charge in [0.15, 0.2) is 38.9 Å². The number of sulfone groups is 1. The lowest BCUT2D eigenvalue weighted by atomic mass is 10.1. The van der Waals surface area contributed by atoms with E-state index in [1.165, 1.54) is 18.2 Å². The minimum atomic E-state index is -3.35. The predicted molar refractivity (Wildman–Crippen MR) is 313 cm³/mol. The van der Waals surface area contributed by atoms with Crippen LogP contribution in [0, 0.1) is 63.4 Å². The highest BCUT2D eigenvalue weighted by Gasteiger charge is 2.31. The number of non-ortho nitro benzene ring substituents is 1. The Labute approximate surface area is 497 Å². The average molecular weight is 1210 g/mol. The molecule has 0 aliphatic heterocycles. The topological polar surface area (TPSA) is 221 Å². The van der Waals surface area contributed by atoms with E-state index in [1.807, 2.05) is 29.2 Å². The molecule has 7 aromatic rings. The zero-order valence-corrected chi connectivity index (χ0v) is 47.4. The normalized spacial score (nSPS) is 11.1. The molecule has 0 spiro atoms. The summed E-state index contributed by atoms with van der Waals surface area (Å²) in [6, 6.07) is 38.9. The molecule has 0 bridgehead atoms. The van der Waals surface area contributed by atoms with Gasteiger partial charge in [-0.1, -0.05) is 37.0 Å². The first kappa shape index (κ1) is 64.2. The van der Waals surface area contributed by atoms with Gasteiger partial charge in [0.25, 0.3) is 5.69 Å². The lowest BCUT2D eigenvalue weighted by molar-refractivity contribution is -0.384. The summed E-state index contributed by atoms with van der Waals surface area (Å²) in [7, 11) is -3.35. The second kappa shape index (κ2) is 31.5. The van der Waals surface area contributed by atoms with E-state index in [1.54, 1.807) is 97.9 Å². The van der Waals surface area contributed by atoms with Gasteiger partial charge in [-0.3, -0.25) is 10.1 Å². The highest BCUT2D eigenvalue weighted by molar-refractivity contribution is 7.91. The van der Waals surface area contributed by atoms with Crippen LogP contribution in [0.25, 0.3) is 0 Å². The SMILES string of the molecule is C#CCCCN(CCCC#Cc1ccc(C(=O)OCCN(CCOC(=O)c2ccccc2)c2ccc(N=Nc3ccc(S(=O)(=O)CC)cc3)cc2)cc1)c1ccc(N=Nc2ccc([N+](=O)[O-])cc2OCCOC(=O)c2c(F)c(F)c(F)c(F)c2F)cc1. The Morgan fingerprint density at radius 2 is 1.07 bits per heavy atom. The summed E-state index contributed by atoms with van der Waals surface area (Å²) < 4.78 is 115. The molecule has 0 radical (unpaired) electrons. The molecular weight excluding hydrogens is 1160 g/mol. The van der Waals surface area contributed by atoms with E-state index in [-0.39, 0.29) is 48.4 Å². The molecule has 18 nitrogen and oxygen atoms in total. The van der Waals surface area contributed by atoms with Crippen LogP contribution in [-0.4, -0.2) is 89.6 Å². The first-order valence-electron chi connectivity index (χ1n) is 26.8. The van der Waals surface area contributed by atoms with Gasteiger partial charge in [0.05, 0.1) is 62.9 Å². The van der Waals surface area contributed by atoms with Crippen molar-refractivity contribution in [3.8, 4) is 29.9 Å². The average Bonchev–Trinajstić information content (AvgIpc) is 3.24. The number of hydrogen-bond acceptors (Lipinski definition) is 17. The van der Waals surface area contributed by atoms with Gasteiger partial charge >= 0.3 is 17.9 Å². The van der Waals surface area contributed by atoms with E-state index in [9.17, 15) is 54.9 Å². The van der Waals surface area contributed by atoms with Crippen LogP contribution in [0.5, 0.6) is 5.75 Å². The van der Waals surface area contributed by atoms with Gasteiger partial charge in [0.1, 0.15) is 37.7 Å². The van der Waals surface area contributed by atoms with Crippen LogP contribution in [0.1, 0.15) is 69.2 Å². The summed E-state index contributed by atoms with van der Waals surface area (Å²) in [4.78, 5) is 53.2. The van der Waals surface area contributed by atoms with Crippen LogP contribution in [0.2, 0.25) is 0 Å². The molecule has 24 heteroatoms. The number of esters is 3. The maximum Gasteiger partial charge on any atom is 0.344 e. The molecule has 448 valence electrons. The minimum absolute atomic E-state index is 0.000854. The van der Waals surface area contributed by atoms with Crippen molar-refractivity contribution in [3.63, 3.8) is 0 Å². The van der Waals surface area contributed by atoms with Crippen molar-refractivity contribution in [3.05, 3.63) is 207 Å². The molecule has 87 heavy (non-hydrogen) atoms. The maximum atomic E-state index is 14.1. The number of nitrogens with zero attached hydrogens (tertiary/aromatic N) is 7. The summed E-state index contributed by atoms with van der Waals surface area (Å²) in [6.45, 7) is 2.05. The zero-order valence-electron chi connectivity index (χ0n) is 46.5. The van der Waals surface area contributed by atoms with E-state index in [0.29, 0.717) is 72.5 Å². The molecule has 0 unspecified atom stereocenters. The summed E-state index contributed by atoms with van der Waals surface area (Å²) >= 11 is 0. The number of benzene rings is 7. The van der Waals surface area contributed by atoms with Gasteiger partial charge in [-0.2, -0.15) is 15.3 Å². The third-order valence-corrected chi connectivity index (χ3v) is 14.5. The van der Waals surface area contributed by atoms with Crippen molar-refractivity contribution in [2.45, 2.75) is 37.5 Å². The molecule has 0 heterocycles. The number of carbonyl (C=O) groups is 3. The summed E-state index contributed by atoms with van der Waals surface area (Å²) in [5.41, 5.74) is 2.17. The highest BCUT2D eigenvalue weighted by Crippen LogP contribution is 2.34. The van der Waals surface area contributed by atoms with Crippen molar-refractivity contribution in [2.75, 3.05) is 68.2 Å². The third-order valence-electron chi connectivity index (χ3n) is 12.7. The Hall–Kier alpha value is -10.3. The third kappa shape index (κ3) is 18.3. The molecule has 0 aliphatic rings. The second-order valence-corrected chi connectivity index (χ2v) is 20.8. The number of nitro groups is 1. The molecule has 0 saturated carbocycles. The number of ether oxygens (including phenoxy) is 4. The molecule has 0 amide bonds. The molecule has 0 aromatic heterocycles. The molecule has 0 N–H and O–H groups in total. The number of rotatable bonds is 28. The fraction of sp³-hybridized carbons (Fsp3) is 0.222. The highest BCUT2D eigenvalue weighted by atomic mass is 32.2. The zero-order chi connectivity index (χ0) is 62.3. The van der Waals surface area contributed by atoms with Crippen LogP contribution in [0.3, 0.4) is 0 Å². The second-order valence-electron chi connectivity index (χ2n) is 18.6. The fourth-order valence-electron chi connectivity index (χ4n) is 8.09. The van der Waals surface area contributed by atoms with Gasteiger partial charge in [0.2, 0.25) is 5.82 Å². The number of anilines is 2. The Balaban J connectivity index is 0.900. The first-order valence-corrected chi connectivity index (χ1v) is 28.5. The van der Waals surface area contributed by atoms with Crippen molar-refractivity contribution in [2.24, 2.45) is 20.5 Å². The van der Waals surface area contributed by atoms with Crippen LogP contribution in [0.4, 0.5) is 61.8 Å². The number of hydrogen-bond donors (Lipinski definition) is 0. The molecule has 0 saturated heterocycles. The van der Waals surface area contributed by atoms with Gasteiger partial charge in [-0.25, -0.2) is 44.8 Å². The Kier molecular flexibility index (Phi) is 23.3. The quantitative estimate of drug-likeness (QED) is 0.00426. The standard InChI is InChI=1S/C63H54F5N7O11S/c1-3-5-11-34-73(49-26-22-47(23-27-49)71-72-53-33-30-51(75(79)80)42-54(53)83-40-41-86-63(78)55-56(64)58(66)60(68)59(67)57(55)65)35-12-7-8-13-43-16-18-45(19-17-43)62(77)85-39-37-74(36-38-84-61(76)44-14-9-6-10-15-44)50-28-20-46(21-29-50)69-70-48-24-31-52(32-25-48)87(81,82)4-2/h1,6,9-10,14-33,42H,4-5,7,11-12,34-41H2,2H3. The first-order chi connectivity index (χ1) is 42.0. The molecule has 0 aliphatic carbocycles. The number of terminal acetylenes is 1. The van der Waals surface area contributed by atoms with E-state index >= 15 is 0 Å². The smallest absolute Gasteiger partial charge is 0.344 e. The van der Waals surface area contributed by atoms with Crippen molar-refractivity contribution in [1.82, 2.24) is 0 Å². The van der Waals surface area contributed by atoms with E-state index in [0.717, 1.165) is 23.5 Å². The monoisotopic (exact) mass is 1210 g/mol. The summed E-state index contributed by atoms with van der Waals surface area (Å²) in [5.74, 6) is -6.01. The molecular formula is C63H54F5N7O11S. The molecule has 7 rings (SSSR count). The predicted octanol–water partition coefficient (Wildman–Crippen LogP) is 13.7. The number of carbonyl (C=O) groups excluding carboxylic acids is 3. The van der Waals surface area contributed by atoms with Crippen LogP contribution >= 0.6 is 0 Å². The fourth-order valence-corrected chi connectivity index (χ4v) is 8.98. The largest absolute Gasteiger partial charge is 0.487 e.